The average molecular weight is 217 g/mol. The molecule has 0 unspecified atom stereocenters. The van der Waals surface area contributed by atoms with Crippen molar-refractivity contribution < 1.29 is 19.4 Å². The second-order valence-corrected chi connectivity index (χ2v) is 2.59. The van der Waals surface area contributed by atoms with Crippen molar-refractivity contribution in [3.8, 4) is 0 Å². The van der Waals surface area contributed by atoms with Gasteiger partial charge in [0.25, 0.3) is 0 Å². The van der Waals surface area contributed by atoms with Crippen LogP contribution in [0.25, 0.3) is 0 Å². The van der Waals surface area contributed by atoms with Gasteiger partial charge in [0.15, 0.2) is 0 Å². The van der Waals surface area contributed by atoms with Crippen LogP contribution in [-0.2, 0) is 14.3 Å². The van der Waals surface area contributed by atoms with Crippen LogP contribution in [0.15, 0.2) is 0 Å². The molecule has 0 atom stereocenters. The first-order chi connectivity index (χ1) is 5.45. The van der Waals surface area contributed by atoms with E-state index in [-0.39, 0.29) is 6.42 Å². The van der Waals surface area contributed by atoms with Crippen molar-refractivity contribution in [1.82, 2.24) is 0 Å². The van der Waals surface area contributed by atoms with Crippen molar-refractivity contribution in [2.75, 3.05) is 7.11 Å². The van der Waals surface area contributed by atoms with Crippen molar-refractivity contribution in [3.63, 3.8) is 0 Å². The Morgan fingerprint density at radius 3 is 1.83 bits per heavy atom. The number of ketones is 1. The van der Waals surface area contributed by atoms with E-state index < -0.39 is 16.8 Å². The SMILES string of the molecule is CCC(=O)C(=O)O.COC(Cl)Cl. The number of halogens is 2. The van der Waals surface area contributed by atoms with Gasteiger partial charge in [0, 0.05) is 13.5 Å². The van der Waals surface area contributed by atoms with Crippen LogP contribution >= 0.6 is 23.2 Å². The van der Waals surface area contributed by atoms with Crippen LogP contribution < -0.4 is 0 Å². The van der Waals surface area contributed by atoms with E-state index in [0.717, 1.165) is 0 Å². The molecular weight excluding hydrogens is 207 g/mol. The molecule has 6 heteroatoms. The highest BCUT2D eigenvalue weighted by atomic mass is 35.5. The number of hydrogen-bond acceptors (Lipinski definition) is 3. The molecule has 0 saturated heterocycles. The van der Waals surface area contributed by atoms with Gasteiger partial charge in [-0.05, 0) is 0 Å². The monoisotopic (exact) mass is 216 g/mol. The molecule has 0 aliphatic heterocycles. The number of carbonyl (C=O) groups is 2. The quantitative estimate of drug-likeness (QED) is 0.573. The summed E-state index contributed by atoms with van der Waals surface area (Å²) in [6.07, 6.45) is 0.0787. The zero-order valence-corrected chi connectivity index (χ0v) is 8.22. The van der Waals surface area contributed by atoms with Gasteiger partial charge < -0.3 is 9.84 Å². The van der Waals surface area contributed by atoms with Gasteiger partial charge in [0.05, 0.1) is 0 Å². The van der Waals surface area contributed by atoms with Crippen LogP contribution in [0.1, 0.15) is 13.3 Å². The lowest BCUT2D eigenvalue weighted by molar-refractivity contribution is -0.148. The zero-order valence-electron chi connectivity index (χ0n) is 6.71. The van der Waals surface area contributed by atoms with E-state index in [4.69, 9.17) is 28.3 Å². The van der Waals surface area contributed by atoms with Crippen molar-refractivity contribution in [2.24, 2.45) is 0 Å². The molecule has 0 rings (SSSR count). The second-order valence-electron chi connectivity index (χ2n) is 1.58. The topological polar surface area (TPSA) is 63.6 Å². The van der Waals surface area contributed by atoms with Crippen LogP contribution in [0.4, 0.5) is 0 Å². The molecule has 72 valence electrons. The van der Waals surface area contributed by atoms with Gasteiger partial charge in [-0.25, -0.2) is 4.79 Å². The molecule has 0 radical (unpaired) electrons. The highest BCUT2D eigenvalue weighted by Crippen LogP contribution is 1.98. The van der Waals surface area contributed by atoms with Gasteiger partial charge in [0.2, 0.25) is 10.8 Å². The summed E-state index contributed by atoms with van der Waals surface area (Å²) >= 11 is 10.0. The lowest BCUT2D eigenvalue weighted by atomic mass is 10.3. The molecule has 0 fully saturated rings. The minimum atomic E-state index is -1.34. The Morgan fingerprint density at radius 2 is 1.83 bits per heavy atom. The number of hydrogen-bond donors (Lipinski definition) is 1. The van der Waals surface area contributed by atoms with E-state index in [2.05, 4.69) is 4.74 Å². The first-order valence-corrected chi connectivity index (χ1v) is 3.90. The predicted octanol–water partition coefficient (Wildman–Crippen LogP) is 1.44. The van der Waals surface area contributed by atoms with E-state index in [0.29, 0.717) is 0 Å². The van der Waals surface area contributed by atoms with Crippen molar-refractivity contribution >= 4 is 35.0 Å². The summed E-state index contributed by atoms with van der Waals surface area (Å²) in [5.74, 6) is -2.08. The molecule has 4 nitrogen and oxygen atoms in total. The predicted molar refractivity (Wildman–Crippen MR) is 45.4 cm³/mol. The fraction of sp³-hybridized carbons (Fsp3) is 0.667. The summed E-state index contributed by atoms with van der Waals surface area (Å²) in [5.41, 5.74) is 0. The Hall–Kier alpha value is -0.320. The number of methoxy groups -OCH3 is 1. The molecule has 0 aromatic carbocycles. The highest BCUT2D eigenvalue weighted by molar-refractivity contribution is 6.43. The Kier molecular flexibility index (Phi) is 10.4. The van der Waals surface area contributed by atoms with Gasteiger partial charge >= 0.3 is 5.97 Å². The fourth-order valence-electron chi connectivity index (χ4n) is 0.151. The summed E-state index contributed by atoms with van der Waals surface area (Å²) in [7, 11) is 1.44. The van der Waals surface area contributed by atoms with E-state index in [9.17, 15) is 9.59 Å². The van der Waals surface area contributed by atoms with E-state index in [1.54, 1.807) is 0 Å². The number of alkyl halides is 2. The third-order valence-corrected chi connectivity index (χ3v) is 1.09. The van der Waals surface area contributed by atoms with Crippen LogP contribution in [0.5, 0.6) is 0 Å². The largest absolute Gasteiger partial charge is 0.476 e. The van der Waals surface area contributed by atoms with Crippen LogP contribution in [0, 0.1) is 0 Å². The fourth-order valence-corrected chi connectivity index (χ4v) is 0.151. The first kappa shape index (κ1) is 14.2. The van der Waals surface area contributed by atoms with E-state index in [1.807, 2.05) is 0 Å². The van der Waals surface area contributed by atoms with Crippen molar-refractivity contribution in [2.45, 2.75) is 18.4 Å². The lowest BCUT2D eigenvalue weighted by Gasteiger charge is -1.88. The van der Waals surface area contributed by atoms with Crippen molar-refractivity contribution in [1.29, 1.82) is 0 Å². The molecule has 0 amide bonds. The number of ether oxygens (including phenoxy) is 1. The lowest BCUT2D eigenvalue weighted by Crippen LogP contribution is -2.09. The third-order valence-electron chi connectivity index (χ3n) is 0.738. The molecule has 0 aromatic rings. The summed E-state index contributed by atoms with van der Waals surface area (Å²) in [6, 6.07) is 0. The number of Topliss-reactive ketones (excluding diaryl/α,β-unsaturated/α-hetero) is 1. The minimum Gasteiger partial charge on any atom is -0.476 e. The Labute approximate surface area is 80.4 Å². The molecule has 0 saturated carbocycles. The van der Waals surface area contributed by atoms with Gasteiger partial charge in [-0.15, -0.1) is 0 Å². The second kappa shape index (κ2) is 8.77. The molecule has 0 aliphatic rings. The molecule has 0 spiro atoms. The molecule has 0 heterocycles. The standard InChI is InChI=1S/C4H6O3.C2H4Cl2O/c1-2-3(5)4(6)7;1-5-2(3)4/h2H2,1H3,(H,6,7);2H,1H3. The molecule has 1 N–H and O–H groups in total. The molecule has 12 heavy (non-hydrogen) atoms. The average Bonchev–Trinajstić information content (AvgIpc) is 2.04. The number of rotatable bonds is 3. The zero-order chi connectivity index (χ0) is 10.1. The van der Waals surface area contributed by atoms with Crippen molar-refractivity contribution in [3.05, 3.63) is 0 Å². The van der Waals surface area contributed by atoms with Gasteiger partial charge in [-0.1, -0.05) is 30.1 Å². The number of carboxylic acid groups (broad SMARTS) is 1. The van der Waals surface area contributed by atoms with Crippen LogP contribution in [-0.4, -0.2) is 29.0 Å². The molecular formula is C6H10Cl2O4. The number of aliphatic carboxylic acids is 1. The normalized spacial score (nSPS) is 8.75. The highest BCUT2D eigenvalue weighted by Gasteiger charge is 2.05. The van der Waals surface area contributed by atoms with Crippen LogP contribution in [0.3, 0.4) is 0 Å². The maximum atomic E-state index is 9.91. The Bertz CT molecular complexity index is 146. The van der Waals surface area contributed by atoms with Gasteiger partial charge in [-0.2, -0.15) is 0 Å². The summed E-state index contributed by atoms with van der Waals surface area (Å²) in [6.45, 7) is 1.51. The summed E-state index contributed by atoms with van der Waals surface area (Å²) in [5, 5.41) is 7.16. The number of carbonyl (C=O) groups excluding carboxylic acids is 1. The smallest absolute Gasteiger partial charge is 0.372 e. The molecule has 0 bridgehead atoms. The maximum Gasteiger partial charge on any atom is 0.372 e. The van der Waals surface area contributed by atoms with E-state index in [1.165, 1.54) is 14.0 Å². The van der Waals surface area contributed by atoms with Gasteiger partial charge in [-0.3, -0.25) is 4.79 Å². The van der Waals surface area contributed by atoms with Gasteiger partial charge in [0.1, 0.15) is 0 Å². The molecule has 0 aliphatic carbocycles. The van der Waals surface area contributed by atoms with Crippen LogP contribution in [0.2, 0.25) is 0 Å². The Balaban J connectivity index is 0. The molecule has 0 aromatic heterocycles. The minimum absolute atomic E-state index is 0.0787. The Morgan fingerprint density at radius 1 is 1.50 bits per heavy atom. The third kappa shape index (κ3) is 12.4. The number of carboxylic acids is 1. The van der Waals surface area contributed by atoms with E-state index >= 15 is 0 Å². The first-order valence-electron chi connectivity index (χ1n) is 3.02. The summed E-state index contributed by atoms with van der Waals surface area (Å²) in [4.78, 5) is 19.5. The summed E-state index contributed by atoms with van der Waals surface area (Å²) < 4.78 is 4.28. The maximum absolute atomic E-state index is 9.91.